The minimum Gasteiger partial charge on any atom is -0.338 e. The van der Waals surface area contributed by atoms with Crippen molar-refractivity contribution in [3.63, 3.8) is 0 Å². The molecule has 0 spiro atoms. The highest BCUT2D eigenvalue weighted by molar-refractivity contribution is 7.89. The summed E-state index contributed by atoms with van der Waals surface area (Å²) in [5.74, 6) is 1.11. The molecule has 1 fully saturated rings. The van der Waals surface area contributed by atoms with Crippen molar-refractivity contribution in [2.75, 3.05) is 26.2 Å². The van der Waals surface area contributed by atoms with E-state index in [1.54, 1.807) is 16.4 Å². The third-order valence-corrected chi connectivity index (χ3v) is 7.69. The van der Waals surface area contributed by atoms with E-state index in [1.165, 1.54) is 0 Å². The van der Waals surface area contributed by atoms with E-state index in [0.717, 1.165) is 21.9 Å². The van der Waals surface area contributed by atoms with Gasteiger partial charge in [-0.15, -0.1) is 0 Å². The van der Waals surface area contributed by atoms with E-state index in [2.05, 4.69) is 15.0 Å². The second-order valence-electron chi connectivity index (χ2n) is 8.07. The molecular weight excluding hydrogens is 424 g/mol. The molecule has 164 valence electrons. The van der Waals surface area contributed by atoms with E-state index in [1.807, 2.05) is 61.5 Å². The number of sulfonamides is 1. The van der Waals surface area contributed by atoms with Crippen molar-refractivity contribution in [3.05, 3.63) is 78.2 Å². The van der Waals surface area contributed by atoms with Crippen LogP contribution in [0.4, 0.5) is 0 Å². The molecule has 1 aromatic heterocycles. The summed E-state index contributed by atoms with van der Waals surface area (Å²) in [6.45, 7) is 4.59. The molecule has 0 bridgehead atoms. The van der Waals surface area contributed by atoms with Crippen LogP contribution in [0.15, 0.2) is 76.1 Å². The van der Waals surface area contributed by atoms with Crippen LogP contribution in [0, 0.1) is 6.92 Å². The van der Waals surface area contributed by atoms with E-state index in [-0.39, 0.29) is 0 Å². The number of aromatic nitrogens is 2. The molecule has 5 rings (SSSR count). The minimum atomic E-state index is -3.53. The molecule has 3 aromatic carbocycles. The number of nitrogens with zero attached hydrogens (tertiary/aromatic N) is 4. The summed E-state index contributed by atoms with van der Waals surface area (Å²) < 4.78 is 33.3. The van der Waals surface area contributed by atoms with Crippen molar-refractivity contribution in [1.29, 1.82) is 0 Å². The first-order valence-corrected chi connectivity index (χ1v) is 12.0. The van der Waals surface area contributed by atoms with Crippen LogP contribution in [0.2, 0.25) is 0 Å². The molecule has 1 saturated heterocycles. The summed E-state index contributed by atoms with van der Waals surface area (Å²) in [6.07, 6.45) is 0. The molecule has 8 heteroatoms. The van der Waals surface area contributed by atoms with Gasteiger partial charge in [-0.25, -0.2) is 8.42 Å². The normalized spacial score (nSPS) is 15.9. The number of piperazine rings is 1. The maximum Gasteiger partial charge on any atom is 0.243 e. The maximum absolute atomic E-state index is 13.2. The highest BCUT2D eigenvalue weighted by Gasteiger charge is 2.29. The van der Waals surface area contributed by atoms with Crippen molar-refractivity contribution in [2.45, 2.75) is 18.4 Å². The quantitative estimate of drug-likeness (QED) is 0.463. The van der Waals surface area contributed by atoms with Crippen molar-refractivity contribution in [2.24, 2.45) is 0 Å². The van der Waals surface area contributed by atoms with Gasteiger partial charge in [0.25, 0.3) is 0 Å². The van der Waals surface area contributed by atoms with Gasteiger partial charge in [-0.2, -0.15) is 9.29 Å². The molecule has 0 amide bonds. The zero-order valence-corrected chi connectivity index (χ0v) is 18.6. The number of hydrogen-bond donors (Lipinski definition) is 0. The highest BCUT2D eigenvalue weighted by Crippen LogP contribution is 2.23. The molecular formula is C24H24N4O3S. The zero-order valence-electron chi connectivity index (χ0n) is 17.8. The van der Waals surface area contributed by atoms with Crippen LogP contribution in [0.1, 0.15) is 11.5 Å². The number of aryl methyl sites for hydroxylation is 1. The molecule has 0 N–H and O–H groups in total. The van der Waals surface area contributed by atoms with Crippen LogP contribution in [0.25, 0.3) is 22.2 Å². The van der Waals surface area contributed by atoms with Gasteiger partial charge < -0.3 is 4.52 Å². The fraction of sp³-hybridized carbons (Fsp3) is 0.250. The van der Waals surface area contributed by atoms with Gasteiger partial charge in [-0.1, -0.05) is 59.3 Å². The summed E-state index contributed by atoms with van der Waals surface area (Å²) in [6, 6.07) is 21.0. The first-order chi connectivity index (χ1) is 15.5. The first-order valence-electron chi connectivity index (χ1n) is 10.6. The van der Waals surface area contributed by atoms with Crippen LogP contribution in [-0.4, -0.2) is 53.9 Å². The second kappa shape index (κ2) is 8.46. The van der Waals surface area contributed by atoms with Crippen LogP contribution < -0.4 is 0 Å². The Morgan fingerprint density at radius 2 is 1.69 bits per heavy atom. The molecule has 1 aliphatic rings. The molecule has 2 heterocycles. The lowest BCUT2D eigenvalue weighted by molar-refractivity contribution is 0.163. The SMILES string of the molecule is Cc1cccc(-c2noc(CN3CCN(S(=O)(=O)c4ccc5ccccc5c4)CC3)n2)c1. The Labute approximate surface area is 187 Å². The summed E-state index contributed by atoms with van der Waals surface area (Å²) in [5.41, 5.74) is 2.06. The number of hydrogen-bond acceptors (Lipinski definition) is 6. The number of benzene rings is 3. The fourth-order valence-corrected chi connectivity index (χ4v) is 5.47. The molecule has 0 aliphatic carbocycles. The van der Waals surface area contributed by atoms with E-state index in [9.17, 15) is 8.42 Å². The van der Waals surface area contributed by atoms with E-state index in [0.29, 0.717) is 49.3 Å². The van der Waals surface area contributed by atoms with Gasteiger partial charge in [-0.05, 0) is 35.9 Å². The number of rotatable bonds is 5. The molecule has 32 heavy (non-hydrogen) atoms. The molecule has 0 atom stereocenters. The Morgan fingerprint density at radius 1 is 0.906 bits per heavy atom. The number of fused-ring (bicyclic) bond motifs is 1. The maximum atomic E-state index is 13.2. The third-order valence-electron chi connectivity index (χ3n) is 5.79. The van der Waals surface area contributed by atoms with Gasteiger partial charge in [0.2, 0.25) is 21.7 Å². The second-order valence-corrected chi connectivity index (χ2v) is 10.0. The van der Waals surface area contributed by atoms with Crippen LogP contribution >= 0.6 is 0 Å². The predicted molar refractivity (Wildman–Crippen MR) is 122 cm³/mol. The summed E-state index contributed by atoms with van der Waals surface area (Å²) in [7, 11) is -3.53. The lowest BCUT2D eigenvalue weighted by Gasteiger charge is -2.33. The van der Waals surface area contributed by atoms with Gasteiger partial charge in [0.05, 0.1) is 11.4 Å². The summed E-state index contributed by atoms with van der Waals surface area (Å²) >= 11 is 0. The van der Waals surface area contributed by atoms with Gasteiger partial charge in [-0.3, -0.25) is 4.90 Å². The standard InChI is InChI=1S/C24H24N4O3S/c1-18-5-4-8-21(15-18)24-25-23(31-26-24)17-27-11-13-28(14-12-27)32(29,30)22-10-9-19-6-2-3-7-20(19)16-22/h2-10,15-16H,11-14,17H2,1H3. The minimum absolute atomic E-state index is 0.337. The topological polar surface area (TPSA) is 79.5 Å². The monoisotopic (exact) mass is 448 g/mol. The Bertz CT molecular complexity index is 1360. The van der Waals surface area contributed by atoms with Crippen LogP contribution in [-0.2, 0) is 16.6 Å². The van der Waals surface area contributed by atoms with Crippen molar-refractivity contribution < 1.29 is 12.9 Å². The van der Waals surface area contributed by atoms with Gasteiger partial charge >= 0.3 is 0 Å². The molecule has 1 aliphatic heterocycles. The highest BCUT2D eigenvalue weighted by atomic mass is 32.2. The van der Waals surface area contributed by atoms with Gasteiger partial charge in [0.15, 0.2) is 0 Å². The summed E-state index contributed by atoms with van der Waals surface area (Å²) in [4.78, 5) is 6.98. The Kier molecular flexibility index (Phi) is 5.50. The predicted octanol–water partition coefficient (Wildman–Crippen LogP) is 3.70. The van der Waals surface area contributed by atoms with Gasteiger partial charge in [0, 0.05) is 31.7 Å². The lowest BCUT2D eigenvalue weighted by Crippen LogP contribution is -2.48. The van der Waals surface area contributed by atoms with E-state index in [4.69, 9.17) is 4.52 Å². The molecule has 0 unspecified atom stereocenters. The average molecular weight is 449 g/mol. The molecule has 0 radical (unpaired) electrons. The average Bonchev–Trinajstić information content (AvgIpc) is 3.28. The largest absolute Gasteiger partial charge is 0.338 e. The van der Waals surface area contributed by atoms with Gasteiger partial charge in [0.1, 0.15) is 0 Å². The molecule has 7 nitrogen and oxygen atoms in total. The Morgan fingerprint density at radius 3 is 2.47 bits per heavy atom. The Hall–Kier alpha value is -3.07. The van der Waals surface area contributed by atoms with Crippen molar-refractivity contribution in [3.8, 4) is 11.4 Å². The van der Waals surface area contributed by atoms with E-state index >= 15 is 0 Å². The smallest absolute Gasteiger partial charge is 0.243 e. The van der Waals surface area contributed by atoms with Crippen molar-refractivity contribution in [1.82, 2.24) is 19.3 Å². The van der Waals surface area contributed by atoms with Crippen LogP contribution in [0.3, 0.4) is 0 Å². The molecule has 0 saturated carbocycles. The van der Waals surface area contributed by atoms with E-state index < -0.39 is 10.0 Å². The first kappa shape index (κ1) is 20.8. The summed E-state index contributed by atoms with van der Waals surface area (Å²) in [5, 5.41) is 6.05. The molecule has 4 aromatic rings. The fourth-order valence-electron chi connectivity index (χ4n) is 4.02. The van der Waals surface area contributed by atoms with Crippen molar-refractivity contribution >= 4 is 20.8 Å². The third kappa shape index (κ3) is 4.17. The zero-order chi connectivity index (χ0) is 22.1. The lowest BCUT2D eigenvalue weighted by atomic mass is 10.1. The Balaban J connectivity index is 1.24. The van der Waals surface area contributed by atoms with Crippen LogP contribution in [0.5, 0.6) is 0 Å².